The first kappa shape index (κ1) is 23.7. The summed E-state index contributed by atoms with van der Waals surface area (Å²) in [4.78, 5) is 31.6. The van der Waals surface area contributed by atoms with E-state index in [1.165, 1.54) is 34.4 Å². The average molecular weight is 494 g/mol. The van der Waals surface area contributed by atoms with Crippen LogP contribution < -0.4 is 10.1 Å². The van der Waals surface area contributed by atoms with Crippen LogP contribution in [-0.2, 0) is 13.6 Å². The van der Waals surface area contributed by atoms with Gasteiger partial charge in [-0.1, -0.05) is 12.1 Å². The minimum absolute atomic E-state index is 0.173. The molecule has 180 valence electrons. The number of rotatable bonds is 6. The number of para-hydroxylation sites is 1. The van der Waals surface area contributed by atoms with Crippen molar-refractivity contribution in [3.63, 3.8) is 0 Å². The molecule has 1 atom stereocenters. The van der Waals surface area contributed by atoms with E-state index in [4.69, 9.17) is 0 Å². The van der Waals surface area contributed by atoms with Gasteiger partial charge in [-0.05, 0) is 38.0 Å². The van der Waals surface area contributed by atoms with E-state index >= 15 is 0 Å². The summed E-state index contributed by atoms with van der Waals surface area (Å²) in [6.45, 7) is 2.51. The Morgan fingerprint density at radius 1 is 1.29 bits per heavy atom. The molecule has 0 saturated carbocycles. The molecule has 1 saturated heterocycles. The van der Waals surface area contributed by atoms with Gasteiger partial charge >= 0.3 is 6.36 Å². The van der Waals surface area contributed by atoms with E-state index in [2.05, 4.69) is 20.1 Å². The van der Waals surface area contributed by atoms with Crippen molar-refractivity contribution < 1.29 is 27.5 Å². The van der Waals surface area contributed by atoms with Crippen LogP contribution in [-0.4, -0.2) is 44.4 Å². The van der Waals surface area contributed by atoms with E-state index in [1.807, 2.05) is 13.0 Å². The minimum atomic E-state index is -4.91. The van der Waals surface area contributed by atoms with Crippen LogP contribution in [0.15, 0.2) is 35.7 Å². The number of thiazole rings is 1. The van der Waals surface area contributed by atoms with Crippen LogP contribution in [0.4, 0.5) is 13.2 Å². The molecule has 3 aromatic rings. The molecule has 0 bridgehead atoms. The molecule has 2 amide bonds. The molecule has 1 N–H and O–H groups in total. The lowest BCUT2D eigenvalue weighted by atomic mass is 10.1. The van der Waals surface area contributed by atoms with Gasteiger partial charge < -0.3 is 15.0 Å². The predicted octanol–water partition coefficient (Wildman–Crippen LogP) is 3.99. The SMILES string of the molecule is Cc1cc(CNC(=O)c2csc([C@@H]3CCCN3C(=O)c3ccccc3OC(F)(F)F)n2)n(C)n1. The standard InChI is InChI=1S/C22H22F3N5O3S/c1-13-10-14(29(2)28-13)11-26-19(31)16-12-34-20(27-16)17-7-5-9-30(17)21(32)15-6-3-4-8-18(15)33-22(23,24)25/h3-4,6,8,10,12,17H,5,7,9,11H2,1-2H3,(H,26,31)/t17-/m0/s1. The number of halogens is 3. The van der Waals surface area contributed by atoms with Gasteiger partial charge in [0.1, 0.15) is 16.5 Å². The van der Waals surface area contributed by atoms with Gasteiger partial charge in [0.25, 0.3) is 11.8 Å². The molecule has 8 nitrogen and oxygen atoms in total. The lowest BCUT2D eigenvalue weighted by molar-refractivity contribution is -0.274. The van der Waals surface area contributed by atoms with Crippen molar-refractivity contribution in [2.45, 2.75) is 38.7 Å². The third-order valence-electron chi connectivity index (χ3n) is 5.43. The first-order valence-corrected chi connectivity index (χ1v) is 11.4. The third kappa shape index (κ3) is 5.22. The number of nitrogens with zero attached hydrogens (tertiary/aromatic N) is 4. The molecule has 0 unspecified atom stereocenters. The topological polar surface area (TPSA) is 89.4 Å². The lowest BCUT2D eigenvalue weighted by Gasteiger charge is -2.24. The number of amides is 2. The van der Waals surface area contributed by atoms with Crippen molar-refractivity contribution >= 4 is 23.2 Å². The van der Waals surface area contributed by atoms with Gasteiger partial charge in [0, 0.05) is 19.0 Å². The maximum atomic E-state index is 13.1. The number of hydrogen-bond donors (Lipinski definition) is 1. The number of aromatic nitrogens is 3. The number of carbonyl (C=O) groups is 2. The van der Waals surface area contributed by atoms with E-state index in [0.717, 1.165) is 17.5 Å². The highest BCUT2D eigenvalue weighted by Gasteiger charge is 2.37. The lowest BCUT2D eigenvalue weighted by Crippen LogP contribution is -2.31. The quantitative estimate of drug-likeness (QED) is 0.561. The molecule has 4 rings (SSSR count). The normalized spacial score (nSPS) is 16.0. The highest BCUT2D eigenvalue weighted by molar-refractivity contribution is 7.09. The van der Waals surface area contributed by atoms with Gasteiger partial charge in [0.05, 0.1) is 29.5 Å². The average Bonchev–Trinajstić information content (AvgIpc) is 3.50. The van der Waals surface area contributed by atoms with Gasteiger partial charge in [-0.3, -0.25) is 14.3 Å². The number of carbonyl (C=O) groups excluding carboxylic acids is 2. The number of benzene rings is 1. The van der Waals surface area contributed by atoms with E-state index in [1.54, 1.807) is 17.1 Å². The van der Waals surface area contributed by atoms with Gasteiger partial charge in [-0.2, -0.15) is 5.10 Å². The van der Waals surface area contributed by atoms with Crippen molar-refractivity contribution in [1.29, 1.82) is 0 Å². The Balaban J connectivity index is 1.47. The largest absolute Gasteiger partial charge is 0.573 e. The molecular formula is C22H22F3N5O3S. The van der Waals surface area contributed by atoms with Gasteiger partial charge in [0.15, 0.2) is 0 Å². The number of alkyl halides is 3. The monoisotopic (exact) mass is 493 g/mol. The number of nitrogens with one attached hydrogen (secondary N) is 1. The second-order valence-electron chi connectivity index (χ2n) is 7.85. The van der Waals surface area contributed by atoms with Crippen LogP contribution in [0, 0.1) is 6.92 Å². The molecule has 0 aliphatic carbocycles. The maximum absolute atomic E-state index is 13.1. The molecule has 12 heteroatoms. The molecule has 1 aliphatic heterocycles. The fourth-order valence-electron chi connectivity index (χ4n) is 3.91. The van der Waals surface area contributed by atoms with E-state index in [0.29, 0.717) is 24.4 Å². The second-order valence-corrected chi connectivity index (χ2v) is 8.74. The Kier molecular flexibility index (Phi) is 6.60. The van der Waals surface area contributed by atoms with E-state index in [9.17, 15) is 22.8 Å². The molecule has 34 heavy (non-hydrogen) atoms. The summed E-state index contributed by atoms with van der Waals surface area (Å²) in [6.07, 6.45) is -3.65. The summed E-state index contributed by atoms with van der Waals surface area (Å²) in [5.74, 6) is -1.48. The first-order chi connectivity index (χ1) is 16.1. The van der Waals surface area contributed by atoms with Crippen LogP contribution in [0.5, 0.6) is 5.75 Å². The fourth-order valence-corrected chi connectivity index (χ4v) is 4.86. The Morgan fingerprint density at radius 2 is 2.06 bits per heavy atom. The van der Waals surface area contributed by atoms with Gasteiger partial charge in [0.2, 0.25) is 0 Å². The Labute approximate surface area is 197 Å². The Hall–Kier alpha value is -3.41. The van der Waals surface area contributed by atoms with Crippen LogP contribution >= 0.6 is 11.3 Å². The van der Waals surface area contributed by atoms with Gasteiger partial charge in [-0.25, -0.2) is 4.98 Å². The van der Waals surface area contributed by atoms with Crippen LogP contribution in [0.25, 0.3) is 0 Å². The molecule has 3 heterocycles. The van der Waals surface area contributed by atoms with Crippen molar-refractivity contribution in [2.24, 2.45) is 7.05 Å². The van der Waals surface area contributed by atoms with Crippen LogP contribution in [0.3, 0.4) is 0 Å². The van der Waals surface area contributed by atoms with Crippen LogP contribution in [0.1, 0.15) is 56.1 Å². The summed E-state index contributed by atoms with van der Waals surface area (Å²) >= 11 is 1.24. The van der Waals surface area contributed by atoms with Crippen molar-refractivity contribution in [3.05, 3.63) is 63.4 Å². The zero-order valence-electron chi connectivity index (χ0n) is 18.4. The summed E-state index contributed by atoms with van der Waals surface area (Å²) in [5.41, 5.74) is 1.73. The molecular weight excluding hydrogens is 471 g/mol. The van der Waals surface area contributed by atoms with Crippen molar-refractivity contribution in [2.75, 3.05) is 6.54 Å². The predicted molar refractivity (Wildman–Crippen MR) is 117 cm³/mol. The Bertz CT molecular complexity index is 1210. The molecule has 0 radical (unpaired) electrons. The van der Waals surface area contributed by atoms with Crippen molar-refractivity contribution in [3.8, 4) is 5.75 Å². The fraction of sp³-hybridized carbons (Fsp3) is 0.364. The number of likely N-dealkylation sites (tertiary alicyclic amines) is 1. The van der Waals surface area contributed by atoms with E-state index < -0.39 is 24.1 Å². The highest BCUT2D eigenvalue weighted by atomic mass is 32.1. The maximum Gasteiger partial charge on any atom is 0.573 e. The summed E-state index contributed by atoms with van der Waals surface area (Å²) in [6, 6.07) is 6.71. The van der Waals surface area contributed by atoms with E-state index in [-0.39, 0.29) is 23.7 Å². The van der Waals surface area contributed by atoms with Crippen molar-refractivity contribution in [1.82, 2.24) is 25.0 Å². The zero-order chi connectivity index (χ0) is 24.5. The first-order valence-electron chi connectivity index (χ1n) is 10.5. The van der Waals surface area contributed by atoms with Crippen LogP contribution in [0.2, 0.25) is 0 Å². The van der Waals surface area contributed by atoms with Gasteiger partial charge in [-0.15, -0.1) is 24.5 Å². The zero-order valence-corrected chi connectivity index (χ0v) is 19.2. The minimum Gasteiger partial charge on any atom is -0.405 e. The molecule has 2 aromatic heterocycles. The molecule has 1 aromatic carbocycles. The molecule has 1 aliphatic rings. The number of ether oxygens (including phenoxy) is 1. The number of aryl methyl sites for hydroxylation is 2. The smallest absolute Gasteiger partial charge is 0.405 e. The third-order valence-corrected chi connectivity index (χ3v) is 6.37. The summed E-state index contributed by atoms with van der Waals surface area (Å²) in [7, 11) is 1.79. The summed E-state index contributed by atoms with van der Waals surface area (Å²) < 4.78 is 44.1. The second kappa shape index (κ2) is 9.45. The highest BCUT2D eigenvalue weighted by Crippen LogP contribution is 2.36. The summed E-state index contributed by atoms with van der Waals surface area (Å²) in [5, 5.41) is 9.21. The number of hydrogen-bond acceptors (Lipinski definition) is 6. The Morgan fingerprint density at radius 3 is 2.76 bits per heavy atom. The molecule has 0 spiro atoms. The molecule has 1 fully saturated rings.